The maximum Gasteiger partial charge on any atom is 0.229 e. The average molecular weight is 189 g/mol. The van der Waals surface area contributed by atoms with Crippen molar-refractivity contribution < 1.29 is 19.8 Å². The summed E-state index contributed by atoms with van der Waals surface area (Å²) in [7, 11) is 1.48. The van der Waals surface area contributed by atoms with E-state index in [2.05, 4.69) is 0 Å². The largest absolute Gasteiger partial charge is 0.394 e. The van der Waals surface area contributed by atoms with Gasteiger partial charge in [0.1, 0.15) is 5.78 Å². The molecule has 0 radical (unpaired) electrons. The maximum absolute atomic E-state index is 11.1. The van der Waals surface area contributed by atoms with Gasteiger partial charge in [-0.25, -0.2) is 0 Å². The highest BCUT2D eigenvalue weighted by Crippen LogP contribution is 1.94. The third kappa shape index (κ3) is 5.32. The van der Waals surface area contributed by atoms with Crippen LogP contribution in [0.3, 0.4) is 0 Å². The molecule has 5 nitrogen and oxygen atoms in total. The monoisotopic (exact) mass is 189 g/mol. The molecule has 0 aliphatic heterocycles. The summed E-state index contributed by atoms with van der Waals surface area (Å²) in [4.78, 5) is 22.9. The third-order valence-corrected chi connectivity index (χ3v) is 1.52. The van der Waals surface area contributed by atoms with E-state index < -0.39 is 12.7 Å². The van der Waals surface area contributed by atoms with Crippen LogP contribution in [0.5, 0.6) is 0 Å². The molecule has 0 aliphatic rings. The first kappa shape index (κ1) is 12.1. The minimum absolute atomic E-state index is 0.0443. The quantitative estimate of drug-likeness (QED) is 0.531. The molecule has 0 aliphatic carbocycles. The van der Waals surface area contributed by atoms with Crippen LogP contribution in [0.2, 0.25) is 0 Å². The zero-order valence-corrected chi connectivity index (χ0v) is 7.86. The average Bonchev–Trinajstić information content (AvgIpc) is 2.02. The van der Waals surface area contributed by atoms with Gasteiger partial charge in [0.2, 0.25) is 5.91 Å². The van der Waals surface area contributed by atoms with E-state index in [4.69, 9.17) is 10.2 Å². The number of Topliss-reactive ketones (excluding diaryl/α,β-unsaturated/α-hetero) is 1. The smallest absolute Gasteiger partial charge is 0.229 e. The molecular weight excluding hydrogens is 174 g/mol. The van der Waals surface area contributed by atoms with E-state index in [9.17, 15) is 9.59 Å². The van der Waals surface area contributed by atoms with Crippen molar-refractivity contribution >= 4 is 11.7 Å². The fraction of sp³-hybridized carbons (Fsp3) is 0.750. The van der Waals surface area contributed by atoms with Crippen molar-refractivity contribution in [2.45, 2.75) is 19.4 Å². The number of rotatable bonds is 5. The van der Waals surface area contributed by atoms with Gasteiger partial charge < -0.3 is 15.1 Å². The molecule has 0 fully saturated rings. The lowest BCUT2D eigenvalue weighted by molar-refractivity contribution is -0.135. The highest BCUT2D eigenvalue weighted by molar-refractivity contribution is 5.96. The Kier molecular flexibility index (Phi) is 5.25. The van der Waals surface area contributed by atoms with E-state index in [0.717, 1.165) is 0 Å². The Morgan fingerprint density at radius 2 is 2.00 bits per heavy atom. The van der Waals surface area contributed by atoms with Gasteiger partial charge in [0.05, 0.1) is 19.1 Å². The second-order valence-electron chi connectivity index (χ2n) is 2.99. The standard InChI is InChI=1S/C8H15NO4/c1-6(11)3-8(13)9(2)4-7(12)5-10/h7,10,12H,3-5H2,1-2H3. The number of ketones is 1. The topological polar surface area (TPSA) is 77.8 Å². The molecule has 0 aromatic carbocycles. The van der Waals surface area contributed by atoms with E-state index in [1.54, 1.807) is 0 Å². The first-order chi connectivity index (χ1) is 5.97. The van der Waals surface area contributed by atoms with Crippen LogP contribution in [-0.4, -0.2) is 53.1 Å². The normalized spacial score (nSPS) is 12.3. The lowest BCUT2D eigenvalue weighted by Gasteiger charge is -2.18. The summed E-state index contributed by atoms with van der Waals surface area (Å²) < 4.78 is 0. The number of carbonyl (C=O) groups excluding carboxylic acids is 2. The van der Waals surface area contributed by atoms with Crippen LogP contribution in [0.25, 0.3) is 0 Å². The Morgan fingerprint density at radius 1 is 1.46 bits per heavy atom. The molecule has 0 aromatic rings. The fourth-order valence-electron chi connectivity index (χ4n) is 0.824. The lowest BCUT2D eigenvalue weighted by Crippen LogP contribution is -2.36. The molecule has 13 heavy (non-hydrogen) atoms. The zero-order chi connectivity index (χ0) is 10.4. The van der Waals surface area contributed by atoms with Crippen molar-refractivity contribution in [1.29, 1.82) is 0 Å². The summed E-state index contributed by atoms with van der Waals surface area (Å²) >= 11 is 0. The van der Waals surface area contributed by atoms with Crippen LogP contribution in [0.15, 0.2) is 0 Å². The predicted molar refractivity (Wildman–Crippen MR) is 46.0 cm³/mol. The van der Waals surface area contributed by atoms with Crippen molar-refractivity contribution in [3.63, 3.8) is 0 Å². The summed E-state index contributed by atoms with van der Waals surface area (Å²) in [5.41, 5.74) is 0. The third-order valence-electron chi connectivity index (χ3n) is 1.52. The Hall–Kier alpha value is -0.940. The molecular formula is C8H15NO4. The van der Waals surface area contributed by atoms with Crippen molar-refractivity contribution in [1.82, 2.24) is 4.90 Å². The molecule has 0 spiro atoms. The van der Waals surface area contributed by atoms with Gasteiger partial charge >= 0.3 is 0 Å². The first-order valence-corrected chi connectivity index (χ1v) is 3.99. The Bertz CT molecular complexity index is 193. The van der Waals surface area contributed by atoms with E-state index in [1.807, 2.05) is 0 Å². The van der Waals surface area contributed by atoms with Gasteiger partial charge in [-0.3, -0.25) is 9.59 Å². The number of aliphatic hydroxyl groups is 2. The molecule has 5 heteroatoms. The lowest BCUT2D eigenvalue weighted by atomic mass is 10.2. The van der Waals surface area contributed by atoms with Crippen LogP contribution in [0, 0.1) is 0 Å². The summed E-state index contributed by atoms with van der Waals surface area (Å²) in [6, 6.07) is 0. The first-order valence-electron chi connectivity index (χ1n) is 3.99. The van der Waals surface area contributed by atoms with E-state index in [-0.39, 0.29) is 24.7 Å². The van der Waals surface area contributed by atoms with E-state index in [0.29, 0.717) is 0 Å². The minimum atomic E-state index is -0.944. The Balaban J connectivity index is 3.89. The summed E-state index contributed by atoms with van der Waals surface area (Å²) in [5.74, 6) is -0.560. The number of carbonyl (C=O) groups is 2. The molecule has 76 valence electrons. The number of hydrogen-bond acceptors (Lipinski definition) is 4. The summed E-state index contributed by atoms with van der Waals surface area (Å²) in [6.07, 6.45) is -1.10. The van der Waals surface area contributed by atoms with Gasteiger partial charge in [-0.15, -0.1) is 0 Å². The van der Waals surface area contributed by atoms with Gasteiger partial charge in [0.25, 0.3) is 0 Å². The number of nitrogens with zero attached hydrogens (tertiary/aromatic N) is 1. The molecule has 0 heterocycles. The molecule has 1 atom stereocenters. The van der Waals surface area contributed by atoms with E-state index >= 15 is 0 Å². The van der Waals surface area contributed by atoms with Crippen molar-refractivity contribution in [2.75, 3.05) is 20.2 Å². The fourth-order valence-corrected chi connectivity index (χ4v) is 0.824. The number of hydrogen-bond donors (Lipinski definition) is 2. The second-order valence-corrected chi connectivity index (χ2v) is 2.99. The Morgan fingerprint density at radius 3 is 2.38 bits per heavy atom. The van der Waals surface area contributed by atoms with Gasteiger partial charge in [-0.2, -0.15) is 0 Å². The van der Waals surface area contributed by atoms with Gasteiger partial charge in [-0.05, 0) is 6.92 Å². The Labute approximate surface area is 77.0 Å². The second kappa shape index (κ2) is 5.66. The van der Waals surface area contributed by atoms with Crippen molar-refractivity contribution in [3.8, 4) is 0 Å². The maximum atomic E-state index is 11.1. The molecule has 2 N–H and O–H groups in total. The highest BCUT2D eigenvalue weighted by atomic mass is 16.3. The van der Waals surface area contributed by atoms with Crippen molar-refractivity contribution in [2.24, 2.45) is 0 Å². The molecule has 1 amide bonds. The zero-order valence-electron chi connectivity index (χ0n) is 7.86. The molecule has 0 saturated carbocycles. The molecule has 0 saturated heterocycles. The van der Waals surface area contributed by atoms with Crippen LogP contribution in [0.4, 0.5) is 0 Å². The molecule has 0 aromatic heterocycles. The van der Waals surface area contributed by atoms with Crippen LogP contribution >= 0.6 is 0 Å². The summed E-state index contributed by atoms with van der Waals surface area (Å²) in [6.45, 7) is 0.981. The van der Waals surface area contributed by atoms with Crippen LogP contribution in [0.1, 0.15) is 13.3 Å². The predicted octanol–water partition coefficient (Wildman–Crippen LogP) is -1.22. The molecule has 0 rings (SSSR count). The number of likely N-dealkylation sites (N-methyl/N-ethyl adjacent to an activating group) is 1. The van der Waals surface area contributed by atoms with Crippen molar-refractivity contribution in [3.05, 3.63) is 0 Å². The van der Waals surface area contributed by atoms with Crippen LogP contribution < -0.4 is 0 Å². The van der Waals surface area contributed by atoms with E-state index in [1.165, 1.54) is 18.9 Å². The van der Waals surface area contributed by atoms with Crippen LogP contribution in [-0.2, 0) is 9.59 Å². The number of amides is 1. The SMILES string of the molecule is CC(=O)CC(=O)N(C)CC(O)CO. The van der Waals surface area contributed by atoms with Gasteiger partial charge in [-0.1, -0.05) is 0 Å². The molecule has 1 unspecified atom stereocenters. The molecule has 0 bridgehead atoms. The highest BCUT2D eigenvalue weighted by Gasteiger charge is 2.13. The number of aliphatic hydroxyl groups excluding tert-OH is 2. The minimum Gasteiger partial charge on any atom is -0.394 e. The summed E-state index contributed by atoms with van der Waals surface area (Å²) in [5, 5.41) is 17.5. The van der Waals surface area contributed by atoms with Gasteiger partial charge in [0, 0.05) is 13.6 Å². The van der Waals surface area contributed by atoms with Gasteiger partial charge in [0.15, 0.2) is 0 Å².